The van der Waals surface area contributed by atoms with E-state index in [1.165, 1.54) is 18.3 Å². The number of hydrogen-bond acceptors (Lipinski definition) is 5. The predicted octanol–water partition coefficient (Wildman–Crippen LogP) is 8.53. The van der Waals surface area contributed by atoms with Gasteiger partial charge in [0.25, 0.3) is 0 Å². The monoisotopic (exact) mass is 635 g/mol. The maximum absolute atomic E-state index is 15.7. The molecular weight excluding hydrogens is 602 g/mol. The van der Waals surface area contributed by atoms with Crippen LogP contribution in [-0.2, 0) is 5.54 Å². The van der Waals surface area contributed by atoms with E-state index >= 15 is 8.78 Å². The molecule has 6 nitrogen and oxygen atoms in total. The van der Waals surface area contributed by atoms with Crippen LogP contribution in [0.2, 0.25) is 0 Å². The Labute approximate surface area is 278 Å². The Morgan fingerprint density at radius 2 is 1.35 bits per heavy atom. The number of aromatic nitrogens is 4. The summed E-state index contributed by atoms with van der Waals surface area (Å²) in [6.07, 6.45) is 5.58. The highest BCUT2D eigenvalue weighted by molar-refractivity contribution is 5.92. The van der Waals surface area contributed by atoms with Crippen LogP contribution in [0.4, 0.5) is 14.6 Å². The topological polar surface area (TPSA) is 79.4 Å². The van der Waals surface area contributed by atoms with E-state index in [2.05, 4.69) is 23.3 Å². The van der Waals surface area contributed by atoms with Crippen LogP contribution in [0.15, 0.2) is 109 Å². The molecule has 3 aromatic heterocycles. The number of nitrogens with zero attached hydrogens (tertiary/aromatic N) is 5. The molecule has 6 aromatic rings. The van der Waals surface area contributed by atoms with Gasteiger partial charge < -0.3 is 12.2 Å². The van der Waals surface area contributed by atoms with Crippen LogP contribution in [0, 0.1) is 47.6 Å². The standard InChI is InChI=1S/C40H33F2N6/c1-25-26-17-19-27(20-18-26)35(25)45-38-34(42)21-28(23-43)36(46-38)37-33-22-32(41)24-44-39(33)48(47-37)40(29-11-5-2-6-12-29,30-13-7-3-8-14-30)31-15-9-4-10-16-31/h2-16,21-22,24-27,35H,1,17-20H2,(H,45,46)/q-1. The van der Waals surface area contributed by atoms with Crippen molar-refractivity contribution < 1.29 is 8.78 Å². The number of hydrogen-bond donors (Lipinski definition) is 1. The molecule has 48 heavy (non-hydrogen) atoms. The first-order valence-corrected chi connectivity index (χ1v) is 16.4. The summed E-state index contributed by atoms with van der Waals surface area (Å²) in [6.45, 7) is 4.44. The smallest absolute Gasteiger partial charge is 0.166 e. The van der Waals surface area contributed by atoms with E-state index in [0.29, 0.717) is 22.9 Å². The van der Waals surface area contributed by atoms with Crippen LogP contribution in [-0.4, -0.2) is 25.8 Å². The quantitative estimate of drug-likeness (QED) is 0.141. The Morgan fingerprint density at radius 1 is 0.792 bits per heavy atom. The fourth-order valence-corrected chi connectivity index (χ4v) is 8.10. The van der Waals surface area contributed by atoms with Gasteiger partial charge in [0.15, 0.2) is 17.3 Å². The van der Waals surface area contributed by atoms with E-state index in [1.807, 2.05) is 91.0 Å². The molecule has 3 aromatic carbocycles. The maximum Gasteiger partial charge on any atom is 0.166 e. The SMILES string of the molecule is [CH2-]C1C2CCC(CC2)C1Nc1nc(-c2nn(C(c3ccccc3)(c3ccccc3)c3ccccc3)c3ncc(F)cc23)c(C#N)cc1F. The van der Waals surface area contributed by atoms with Crippen molar-refractivity contribution in [2.45, 2.75) is 37.3 Å². The van der Waals surface area contributed by atoms with E-state index in [9.17, 15) is 5.26 Å². The zero-order valence-electron chi connectivity index (χ0n) is 26.2. The second-order valence-corrected chi connectivity index (χ2v) is 12.9. The van der Waals surface area contributed by atoms with Gasteiger partial charge in [-0.25, -0.2) is 23.4 Å². The summed E-state index contributed by atoms with van der Waals surface area (Å²) in [5.74, 6) is -0.153. The van der Waals surface area contributed by atoms with Gasteiger partial charge in [-0.1, -0.05) is 110 Å². The molecule has 0 spiro atoms. The third kappa shape index (κ3) is 4.76. The second kappa shape index (κ2) is 12.0. The van der Waals surface area contributed by atoms with Crippen LogP contribution < -0.4 is 5.32 Å². The molecule has 2 bridgehead atoms. The molecule has 3 saturated carbocycles. The molecule has 0 aliphatic heterocycles. The molecule has 1 N–H and O–H groups in total. The molecule has 3 heterocycles. The van der Waals surface area contributed by atoms with E-state index in [-0.39, 0.29) is 34.7 Å². The summed E-state index contributed by atoms with van der Waals surface area (Å²) in [5, 5.41) is 19.2. The third-order valence-electron chi connectivity index (χ3n) is 10.4. The van der Waals surface area contributed by atoms with Gasteiger partial charge >= 0.3 is 0 Å². The van der Waals surface area contributed by atoms with Gasteiger partial charge in [-0.05, 0) is 47.6 Å². The molecule has 238 valence electrons. The van der Waals surface area contributed by atoms with Gasteiger partial charge in [-0.2, -0.15) is 10.4 Å². The van der Waals surface area contributed by atoms with Crippen molar-refractivity contribution in [2.75, 3.05) is 5.32 Å². The lowest BCUT2D eigenvalue weighted by Gasteiger charge is -2.51. The zero-order chi connectivity index (χ0) is 32.8. The lowest BCUT2D eigenvalue weighted by atomic mass is 9.62. The lowest BCUT2D eigenvalue weighted by molar-refractivity contribution is 0.108. The average molecular weight is 636 g/mol. The van der Waals surface area contributed by atoms with Crippen molar-refractivity contribution in [2.24, 2.45) is 17.8 Å². The van der Waals surface area contributed by atoms with Crippen molar-refractivity contribution in [1.82, 2.24) is 19.7 Å². The van der Waals surface area contributed by atoms with Gasteiger partial charge in [0.2, 0.25) is 0 Å². The molecule has 3 fully saturated rings. The van der Waals surface area contributed by atoms with Crippen LogP contribution in [0.5, 0.6) is 0 Å². The molecule has 0 saturated heterocycles. The van der Waals surface area contributed by atoms with Crippen molar-refractivity contribution in [3.05, 3.63) is 150 Å². The molecule has 9 rings (SSSR count). The Balaban J connectivity index is 1.40. The summed E-state index contributed by atoms with van der Waals surface area (Å²) in [4.78, 5) is 9.37. The van der Waals surface area contributed by atoms with Crippen molar-refractivity contribution in [3.8, 4) is 17.5 Å². The van der Waals surface area contributed by atoms with Crippen LogP contribution in [0.3, 0.4) is 0 Å². The number of fused-ring (bicyclic) bond motifs is 4. The number of nitrogens with one attached hydrogen (secondary N) is 1. The van der Waals surface area contributed by atoms with Crippen molar-refractivity contribution >= 4 is 16.9 Å². The van der Waals surface area contributed by atoms with Gasteiger partial charge in [-0.3, -0.25) is 0 Å². The first kappa shape index (κ1) is 29.9. The van der Waals surface area contributed by atoms with Gasteiger partial charge in [0.1, 0.15) is 28.8 Å². The third-order valence-corrected chi connectivity index (χ3v) is 10.4. The fourth-order valence-electron chi connectivity index (χ4n) is 8.10. The van der Waals surface area contributed by atoms with E-state index in [0.717, 1.165) is 42.4 Å². The van der Waals surface area contributed by atoms with Gasteiger partial charge in [-0.15, -0.1) is 5.92 Å². The number of pyridine rings is 2. The normalized spacial score (nSPS) is 20.5. The summed E-state index contributed by atoms with van der Waals surface area (Å²) in [6, 6.07) is 34.5. The molecule has 0 radical (unpaired) electrons. The van der Waals surface area contributed by atoms with E-state index in [1.54, 1.807) is 4.68 Å². The van der Waals surface area contributed by atoms with Crippen molar-refractivity contribution in [3.63, 3.8) is 0 Å². The lowest BCUT2D eigenvalue weighted by Crippen LogP contribution is -2.47. The number of nitriles is 1. The molecule has 3 aliphatic carbocycles. The largest absolute Gasteiger partial charge is 0.367 e. The molecular formula is C40H33F2N6-. The molecule has 3 aliphatic rings. The number of rotatable bonds is 7. The zero-order valence-corrected chi connectivity index (χ0v) is 26.2. The average Bonchev–Trinajstić information content (AvgIpc) is 3.50. The minimum Gasteiger partial charge on any atom is -0.367 e. The van der Waals surface area contributed by atoms with Crippen LogP contribution >= 0.6 is 0 Å². The second-order valence-electron chi connectivity index (χ2n) is 12.9. The van der Waals surface area contributed by atoms with Gasteiger partial charge in [0, 0.05) is 6.04 Å². The summed E-state index contributed by atoms with van der Waals surface area (Å²) in [5.41, 5.74) is 2.39. The molecule has 2 atom stereocenters. The maximum atomic E-state index is 15.7. The fraction of sp³-hybridized carbons (Fsp3) is 0.225. The Kier molecular flexibility index (Phi) is 7.48. The Morgan fingerprint density at radius 3 is 1.90 bits per heavy atom. The summed E-state index contributed by atoms with van der Waals surface area (Å²) in [7, 11) is 0. The Hall–Kier alpha value is -5.42. The minimum absolute atomic E-state index is 0.00469. The van der Waals surface area contributed by atoms with Crippen molar-refractivity contribution in [1.29, 1.82) is 5.26 Å². The predicted molar refractivity (Wildman–Crippen MR) is 182 cm³/mol. The number of anilines is 1. The highest BCUT2D eigenvalue weighted by Gasteiger charge is 2.42. The summed E-state index contributed by atoms with van der Waals surface area (Å²) >= 11 is 0. The van der Waals surface area contributed by atoms with E-state index in [4.69, 9.17) is 10.1 Å². The first-order chi connectivity index (χ1) is 23.5. The minimum atomic E-state index is -1.07. The molecule has 2 unspecified atom stereocenters. The highest BCUT2D eigenvalue weighted by Crippen LogP contribution is 2.47. The van der Waals surface area contributed by atoms with Gasteiger partial charge in [0.05, 0.1) is 17.1 Å². The van der Waals surface area contributed by atoms with E-state index < -0.39 is 17.2 Å². The number of benzene rings is 3. The van der Waals surface area contributed by atoms with Crippen LogP contribution in [0.1, 0.15) is 47.9 Å². The Bertz CT molecular complexity index is 2040. The van der Waals surface area contributed by atoms with Crippen LogP contribution in [0.25, 0.3) is 22.4 Å². The highest BCUT2D eigenvalue weighted by atomic mass is 19.1. The summed E-state index contributed by atoms with van der Waals surface area (Å²) < 4.78 is 32.6. The first-order valence-electron chi connectivity index (χ1n) is 16.4. The number of halogens is 2. The molecule has 0 amide bonds. The molecule has 8 heteroatoms.